The molecule has 0 spiro atoms. The molecule has 5 heterocycles. The van der Waals surface area contributed by atoms with Crippen molar-refractivity contribution in [1.82, 2.24) is 0 Å². The third-order valence-electron chi connectivity index (χ3n) is 29.2. The van der Waals surface area contributed by atoms with Gasteiger partial charge in [-0.2, -0.15) is 0 Å². The highest BCUT2D eigenvalue weighted by molar-refractivity contribution is 5.01. The zero-order valence-corrected chi connectivity index (χ0v) is 71.1. The molecule has 0 radical (unpaired) electrons. The Balaban J connectivity index is -0.00000138. The first kappa shape index (κ1) is 121. The lowest BCUT2D eigenvalue weighted by Crippen LogP contribution is -2.64. The van der Waals surface area contributed by atoms with Crippen molar-refractivity contribution in [3.63, 3.8) is 0 Å². The maximum atomic E-state index is 10.7. The van der Waals surface area contributed by atoms with Crippen molar-refractivity contribution in [2.45, 2.75) is 453 Å². The Kier molecular flexibility index (Phi) is 55.0. The molecule has 0 aromatic carbocycles. The van der Waals surface area contributed by atoms with Crippen LogP contribution in [0.5, 0.6) is 0 Å². The Labute approximate surface area is 719 Å². The van der Waals surface area contributed by atoms with Crippen LogP contribution in [0, 0.1) is 112 Å². The van der Waals surface area contributed by atoms with E-state index in [-0.39, 0.29) is 199 Å². The van der Waals surface area contributed by atoms with Gasteiger partial charge in [-0.05, 0) is 140 Å². The van der Waals surface area contributed by atoms with Crippen LogP contribution < -0.4 is 45.9 Å². The van der Waals surface area contributed by atoms with Crippen molar-refractivity contribution >= 4 is 0 Å². The van der Waals surface area contributed by atoms with Crippen molar-refractivity contribution in [3.8, 4) is 0 Å². The van der Waals surface area contributed by atoms with E-state index in [1.54, 1.807) is 6.92 Å². The number of nitrogens with two attached hydrogens (primary N) is 8. The van der Waals surface area contributed by atoms with Gasteiger partial charge in [-0.1, -0.05) is 212 Å². The molecule has 5 saturated carbocycles. The topological polar surface area (TPSA) is 503 Å². The molecule has 714 valence electrons. The highest BCUT2D eigenvalue weighted by Crippen LogP contribution is 2.45. The highest BCUT2D eigenvalue weighted by Gasteiger charge is 2.53. The second kappa shape index (κ2) is 53.6. The molecule has 50 atom stereocenters. The highest BCUT2D eigenvalue weighted by atomic mass is 16.7. The summed E-state index contributed by atoms with van der Waals surface area (Å²) in [6.45, 7) is 46.0. The van der Waals surface area contributed by atoms with E-state index in [0.29, 0.717) is 73.2 Å². The van der Waals surface area contributed by atoms with E-state index in [4.69, 9.17) is 93.2 Å². The van der Waals surface area contributed by atoms with Gasteiger partial charge in [0.25, 0.3) is 0 Å². The summed E-state index contributed by atoms with van der Waals surface area (Å²) in [5.41, 5.74) is 47.9. The smallest absolute Gasteiger partial charge is 0.174 e. The van der Waals surface area contributed by atoms with E-state index in [2.05, 4.69) is 96.9 Å². The third-order valence-corrected chi connectivity index (χ3v) is 29.2. The zero-order valence-electron chi connectivity index (χ0n) is 71.1. The lowest BCUT2D eigenvalue weighted by Gasteiger charge is -2.47. The molecule has 5 saturated heterocycles. The van der Waals surface area contributed by atoms with Gasteiger partial charge >= 0.3 is 0 Å². The molecule has 0 amide bonds. The second-order valence-electron chi connectivity index (χ2n) is 36.8. The number of ether oxygens (including phenoxy) is 10. The summed E-state index contributed by atoms with van der Waals surface area (Å²) >= 11 is 0. The predicted octanol–water partition coefficient (Wildman–Crippen LogP) is 8.40. The van der Waals surface area contributed by atoms with E-state index < -0.39 is 122 Å². The van der Waals surface area contributed by atoms with Crippen LogP contribution in [-0.2, 0) is 47.4 Å². The number of aliphatic hydroxyl groups is 10. The molecule has 0 aromatic heterocycles. The summed E-state index contributed by atoms with van der Waals surface area (Å²) in [6, 6.07) is -1.81. The van der Waals surface area contributed by atoms with Crippen LogP contribution in [0.1, 0.15) is 263 Å². The lowest BCUT2D eigenvalue weighted by atomic mass is 9.72. The summed E-state index contributed by atoms with van der Waals surface area (Å²) < 4.78 is 60.1. The molecule has 10 rings (SSSR count). The summed E-state index contributed by atoms with van der Waals surface area (Å²) in [4.78, 5) is 0. The zero-order chi connectivity index (χ0) is 83.0. The van der Waals surface area contributed by atoms with Gasteiger partial charge in [-0.15, -0.1) is 0 Å². The first-order valence-electron chi connectivity index (χ1n) is 42.7. The molecule has 5 aliphatic heterocycles. The Hall–Kier alpha value is -1.12. The maximum Gasteiger partial charge on any atom is 0.174 e. The first-order chi connectivity index (χ1) is 51.4. The van der Waals surface area contributed by atoms with Crippen LogP contribution in [0.3, 0.4) is 0 Å². The number of hydrogen-bond donors (Lipinski definition) is 18. The number of aliphatic hydroxyl groups excluding tert-OH is 10. The Bertz CT molecular complexity index is 2230. The average molecular weight is 1710 g/mol. The van der Waals surface area contributed by atoms with Crippen LogP contribution in [0.25, 0.3) is 0 Å². The molecule has 50 unspecified atom stereocenters. The van der Waals surface area contributed by atoms with E-state index in [1.807, 2.05) is 48.5 Å². The fourth-order valence-electron chi connectivity index (χ4n) is 18.9. The van der Waals surface area contributed by atoms with E-state index in [9.17, 15) is 51.1 Å². The van der Waals surface area contributed by atoms with Gasteiger partial charge < -0.3 is 144 Å². The van der Waals surface area contributed by atoms with Crippen LogP contribution in [0.2, 0.25) is 0 Å². The van der Waals surface area contributed by atoms with Crippen molar-refractivity contribution in [1.29, 1.82) is 0 Å². The van der Waals surface area contributed by atoms with Gasteiger partial charge in [0.15, 0.2) is 31.5 Å². The van der Waals surface area contributed by atoms with Gasteiger partial charge in [-0.3, -0.25) is 0 Å². The second-order valence-corrected chi connectivity index (χ2v) is 36.8. The third kappa shape index (κ3) is 28.4. The van der Waals surface area contributed by atoms with Gasteiger partial charge in [0.1, 0.15) is 24.4 Å². The molecule has 28 heteroatoms. The Morgan fingerprint density at radius 3 is 0.915 bits per heavy atom. The SMILES string of the molecule is C.C.C.C.C.C.C.C.CC1C(CN)OC(OC2C(N)CC(N)C(C)C2O)C(N)C1C.CC1C(N)C(OC2C(N)CC(N)C(C)C2O)OC(CN)C1O.CCC1OC(OC2C(C)CC(C)C(C)C2O)C(C)C(C)C1C.CCC1OC(OC2C(C)CC(C)C(C)C2O)C(C)C(C)C1O.CCC1OC(OC2C(C)CC(C)C(O)C2O)C(C)C(O)C1O. The maximum absolute atomic E-state index is 10.7. The van der Waals surface area contributed by atoms with E-state index >= 15 is 0 Å². The van der Waals surface area contributed by atoms with E-state index in [1.165, 1.54) is 0 Å². The summed E-state index contributed by atoms with van der Waals surface area (Å²) in [5, 5.41) is 103. The van der Waals surface area contributed by atoms with Gasteiger partial charge in [0, 0.05) is 60.9 Å². The van der Waals surface area contributed by atoms with Crippen LogP contribution in [0.4, 0.5) is 0 Å². The molecular formula is C90H194N8O20. The first-order valence-corrected chi connectivity index (χ1v) is 42.7. The fourth-order valence-corrected chi connectivity index (χ4v) is 18.9. The van der Waals surface area contributed by atoms with Crippen molar-refractivity contribution in [3.05, 3.63) is 0 Å². The minimum Gasteiger partial charge on any atom is -0.390 e. The fraction of sp³-hybridized carbons (Fsp3) is 1.00. The average Bonchev–Trinajstić information content (AvgIpc) is 0.807. The standard InChI is InChI=1S/C19H36O3.C18H34O4.C16H30O6.C15H32N4O3.C14H30N4O4.8CH4/c1-8-16-14(6)13(5)15(7)19(21-16)22-18-11(3)9-10(2)12(4)17(18)20;1-7-14-15(19)12(5)13(6)18(21-14)22-17-10(3)8-9(2)11(4)16(17)20;1-5-10-13(19)12(18)9(4)16(21-10)22-15-8(3)6-7(2)11(17)14(15)20;1-6-7(2)12(19)15(21-11(6)5-16)22-14-10(18)4-9(17)8(3)13(14)20;1-5-7(16)3-8(17)13(12(5)20)22-14-10(18)6(2)11(19)9(4-15)21-14;;;;;;;;/h10-20H,8-9H2,1-7H3;9-20H,7-8H2,1-6H3;7-20H,5-6H2,1-4H3;6-15,20H,4-5,16-19H2,1-3H3;5-14,19-20H,3-4,15-18H2,1-2H3;8*1H4. The van der Waals surface area contributed by atoms with Crippen molar-refractivity contribution in [2.24, 2.45) is 158 Å². The molecular weight excluding hydrogens is 1510 g/mol. The minimum atomic E-state index is -0.974. The quantitative estimate of drug-likeness (QED) is 0.0731. The summed E-state index contributed by atoms with van der Waals surface area (Å²) in [7, 11) is 0. The Morgan fingerprint density at radius 1 is 0.229 bits per heavy atom. The Morgan fingerprint density at radius 2 is 0.525 bits per heavy atom. The monoisotopic (exact) mass is 1710 g/mol. The number of hydrogen-bond acceptors (Lipinski definition) is 28. The normalized spacial score (nSPS) is 49.8. The molecule has 10 fully saturated rings. The minimum absolute atomic E-state index is 0. The van der Waals surface area contributed by atoms with Gasteiger partial charge in [0.2, 0.25) is 0 Å². The molecule has 26 N–H and O–H groups in total. The molecule has 118 heavy (non-hydrogen) atoms. The van der Waals surface area contributed by atoms with Crippen LogP contribution >= 0.6 is 0 Å². The molecule has 28 nitrogen and oxygen atoms in total. The van der Waals surface area contributed by atoms with Gasteiger partial charge in [0.05, 0.1) is 110 Å². The van der Waals surface area contributed by atoms with Crippen LogP contribution in [0.15, 0.2) is 0 Å². The lowest BCUT2D eigenvalue weighted by molar-refractivity contribution is -0.309. The largest absolute Gasteiger partial charge is 0.390 e. The molecule has 5 aliphatic carbocycles. The van der Waals surface area contributed by atoms with Crippen molar-refractivity contribution < 1.29 is 98.4 Å². The molecule has 0 aromatic rings. The summed E-state index contributed by atoms with van der Waals surface area (Å²) in [6.07, 6.45) is -6.29. The predicted molar refractivity (Wildman–Crippen MR) is 476 cm³/mol. The molecule has 10 aliphatic rings. The summed E-state index contributed by atoms with van der Waals surface area (Å²) in [5.74, 6) is 3.78. The molecule has 0 bridgehead atoms. The number of rotatable bonds is 15. The van der Waals surface area contributed by atoms with E-state index in [0.717, 1.165) is 32.1 Å². The van der Waals surface area contributed by atoms with Crippen molar-refractivity contribution in [2.75, 3.05) is 13.1 Å². The van der Waals surface area contributed by atoms with Gasteiger partial charge in [-0.25, -0.2) is 0 Å². The van der Waals surface area contributed by atoms with Crippen LogP contribution in [-0.4, -0.2) is 254 Å².